The number of allylic oxidation sites excluding steroid dienone is 4. The van der Waals surface area contributed by atoms with Crippen LogP contribution in [0.5, 0.6) is 0 Å². The molecule has 4 nitrogen and oxygen atoms in total. The molecule has 1 unspecified atom stereocenters. The molecule has 0 fully saturated rings. The van der Waals surface area contributed by atoms with Crippen LogP contribution in [0.4, 0.5) is 17.1 Å². The number of aromatic nitrogens is 3. The highest BCUT2D eigenvalue weighted by Gasteiger charge is 2.22. The number of anilines is 3. The molecule has 1 aliphatic rings. The van der Waals surface area contributed by atoms with E-state index >= 15 is 0 Å². The molecular formula is C90H62N4. The average molecular weight is 1200 g/mol. The van der Waals surface area contributed by atoms with Crippen LogP contribution in [0.2, 0.25) is 0 Å². The third kappa shape index (κ3) is 9.54. The Morgan fingerprint density at radius 1 is 0.245 bits per heavy atom. The summed E-state index contributed by atoms with van der Waals surface area (Å²) in [5, 5.41) is 7.46. The molecule has 1 atom stereocenters. The van der Waals surface area contributed by atoms with Gasteiger partial charge in [0.1, 0.15) is 0 Å². The average Bonchev–Trinajstić information content (AvgIpc) is 1.60. The lowest BCUT2D eigenvalue weighted by Gasteiger charge is -2.26. The molecule has 0 N–H and O–H groups in total. The summed E-state index contributed by atoms with van der Waals surface area (Å²) in [6, 6.07) is 125. The van der Waals surface area contributed by atoms with Gasteiger partial charge in [0.15, 0.2) is 0 Å². The van der Waals surface area contributed by atoms with Gasteiger partial charge in [-0.3, -0.25) is 0 Å². The van der Waals surface area contributed by atoms with E-state index in [0.717, 1.165) is 46.0 Å². The fraction of sp³-hybridized carbons (Fsp3) is 0.0222. The first-order chi connectivity index (χ1) is 46.6. The maximum Gasteiger partial charge on any atom is 0.0560 e. The number of hydrogen-bond donors (Lipinski definition) is 0. The van der Waals surface area contributed by atoms with Crippen LogP contribution in [0.25, 0.3) is 138 Å². The fourth-order valence-corrected chi connectivity index (χ4v) is 14.8. The molecule has 0 radical (unpaired) electrons. The Balaban J connectivity index is 0.692. The van der Waals surface area contributed by atoms with Crippen LogP contribution < -0.4 is 4.90 Å². The number of nitrogens with zero attached hydrogens (tertiary/aromatic N) is 4. The molecule has 0 spiro atoms. The molecule has 0 bridgehead atoms. The van der Waals surface area contributed by atoms with Gasteiger partial charge in [0.05, 0.1) is 28.1 Å². The van der Waals surface area contributed by atoms with Gasteiger partial charge in [0.2, 0.25) is 0 Å². The predicted molar refractivity (Wildman–Crippen MR) is 397 cm³/mol. The first-order valence-electron chi connectivity index (χ1n) is 32.6. The van der Waals surface area contributed by atoms with Crippen LogP contribution in [0.3, 0.4) is 0 Å². The molecule has 442 valence electrons. The van der Waals surface area contributed by atoms with Gasteiger partial charge in [-0.15, -0.1) is 0 Å². The molecule has 94 heavy (non-hydrogen) atoms. The summed E-state index contributed by atoms with van der Waals surface area (Å²) in [4.78, 5) is 2.39. The standard InChI is InChI=1S/C90H62N4/c1-4-16-61(17-5-1)64-28-49-76(50-29-64)92-85-25-13-10-22-79(85)82-58-70(40-55-88(82)92)67-34-43-73(44-35-67)91(74-45-36-68(37-46-74)71-41-56-89-83(59-71)80-23-11-14-26-86(80)93(89)77-51-30-65(31-52-77)62-18-6-2-7-19-62)75-47-38-69(39-48-75)72-42-57-90-84(60-72)81-24-12-15-27-87(81)94(90)78-53-32-66(33-54-78)63-20-8-3-9-21-63/h1-53,55-60,78H,54H2. The lowest BCUT2D eigenvalue weighted by atomic mass is 9.97. The Labute approximate surface area is 546 Å². The van der Waals surface area contributed by atoms with E-state index in [1.54, 1.807) is 0 Å². The molecular weight excluding hydrogens is 1140 g/mol. The second kappa shape index (κ2) is 22.9. The van der Waals surface area contributed by atoms with Crippen LogP contribution in [-0.4, -0.2) is 13.7 Å². The molecule has 4 heteroatoms. The predicted octanol–water partition coefficient (Wildman–Crippen LogP) is 24.4. The minimum absolute atomic E-state index is 0.215. The SMILES string of the molecule is C1=CC(n2c3ccccc3c3cc(-c4ccc(N(c5ccc(-c6ccc7c(c6)c6ccccc6n7-c6ccc(-c7ccccc7)cc6)cc5)c5ccc(-c6ccc7c(c6)c6ccccc6n7-c6ccc(-c7ccccc7)cc6)cc5)cc4)ccc32)CC=C1c1ccccc1. The van der Waals surface area contributed by atoms with Gasteiger partial charge in [0, 0.05) is 71.8 Å². The molecule has 3 aromatic heterocycles. The highest BCUT2D eigenvalue weighted by atomic mass is 15.1. The Kier molecular flexibility index (Phi) is 13.3. The van der Waals surface area contributed by atoms with Crippen molar-refractivity contribution < 1.29 is 0 Å². The summed E-state index contributed by atoms with van der Waals surface area (Å²) in [7, 11) is 0. The van der Waals surface area contributed by atoms with Crippen molar-refractivity contribution in [1.29, 1.82) is 0 Å². The van der Waals surface area contributed by atoms with Gasteiger partial charge in [-0.1, -0.05) is 243 Å². The van der Waals surface area contributed by atoms with Gasteiger partial charge < -0.3 is 18.6 Å². The van der Waals surface area contributed by atoms with E-state index in [1.807, 2.05) is 0 Å². The summed E-state index contributed by atoms with van der Waals surface area (Å²) in [6.07, 6.45) is 8.01. The zero-order chi connectivity index (χ0) is 62.1. The topological polar surface area (TPSA) is 18.0 Å². The summed E-state index contributed by atoms with van der Waals surface area (Å²) < 4.78 is 7.34. The van der Waals surface area contributed by atoms with Crippen molar-refractivity contribution in [2.45, 2.75) is 12.5 Å². The monoisotopic (exact) mass is 1200 g/mol. The van der Waals surface area contributed by atoms with Gasteiger partial charge >= 0.3 is 0 Å². The van der Waals surface area contributed by atoms with Gasteiger partial charge in [0.25, 0.3) is 0 Å². The Bertz CT molecular complexity index is 5510. The van der Waals surface area contributed by atoms with Crippen molar-refractivity contribution in [3.8, 4) is 67.0 Å². The normalized spacial score (nSPS) is 13.2. The number of fused-ring (bicyclic) bond motifs is 9. The highest BCUT2D eigenvalue weighted by molar-refractivity contribution is 6.13. The van der Waals surface area contributed by atoms with Crippen LogP contribution in [0, 0.1) is 0 Å². The highest BCUT2D eigenvalue weighted by Crippen LogP contribution is 2.43. The number of rotatable bonds is 12. The van der Waals surface area contributed by atoms with Crippen molar-refractivity contribution in [1.82, 2.24) is 13.7 Å². The number of benzene rings is 14. The summed E-state index contributed by atoms with van der Waals surface area (Å²) >= 11 is 0. The Morgan fingerprint density at radius 2 is 0.543 bits per heavy atom. The van der Waals surface area contributed by atoms with Crippen molar-refractivity contribution in [2.75, 3.05) is 4.90 Å². The van der Waals surface area contributed by atoms with E-state index in [4.69, 9.17) is 0 Å². The van der Waals surface area contributed by atoms with Gasteiger partial charge in [-0.2, -0.15) is 0 Å². The van der Waals surface area contributed by atoms with E-state index in [9.17, 15) is 0 Å². The molecule has 18 rings (SSSR count). The molecule has 17 aromatic rings. The third-order valence-corrected chi connectivity index (χ3v) is 19.4. The van der Waals surface area contributed by atoms with Crippen LogP contribution in [0.15, 0.2) is 358 Å². The van der Waals surface area contributed by atoms with E-state index in [0.29, 0.717) is 0 Å². The molecule has 1 aliphatic carbocycles. The Morgan fingerprint density at radius 3 is 0.957 bits per heavy atom. The lowest BCUT2D eigenvalue weighted by molar-refractivity contribution is 0.649. The smallest absolute Gasteiger partial charge is 0.0560 e. The maximum absolute atomic E-state index is 2.54. The largest absolute Gasteiger partial charge is 0.333 e. The Hall–Kier alpha value is -12.2. The van der Waals surface area contributed by atoms with Crippen LogP contribution in [0.1, 0.15) is 18.0 Å². The minimum atomic E-state index is 0.215. The summed E-state index contributed by atoms with van der Waals surface area (Å²) in [6.45, 7) is 0. The quantitative estimate of drug-likeness (QED) is 0.119. The molecule has 0 saturated heterocycles. The first kappa shape index (κ1) is 54.7. The molecule has 0 aliphatic heterocycles. The van der Waals surface area contributed by atoms with Crippen LogP contribution in [-0.2, 0) is 0 Å². The molecule has 0 saturated carbocycles. The van der Waals surface area contributed by atoms with Crippen LogP contribution >= 0.6 is 0 Å². The number of para-hydroxylation sites is 3. The zero-order valence-electron chi connectivity index (χ0n) is 51.6. The van der Waals surface area contributed by atoms with E-state index in [-0.39, 0.29) is 6.04 Å². The van der Waals surface area contributed by atoms with E-state index in [2.05, 4.69) is 377 Å². The molecule has 14 aromatic carbocycles. The second-order valence-corrected chi connectivity index (χ2v) is 24.8. The van der Waals surface area contributed by atoms with Crippen molar-refractivity contribution in [3.05, 3.63) is 364 Å². The van der Waals surface area contributed by atoms with E-state index in [1.165, 1.54) is 121 Å². The summed E-state index contributed by atoms with van der Waals surface area (Å²) in [5.74, 6) is 0. The lowest BCUT2D eigenvalue weighted by Crippen LogP contribution is -2.09. The first-order valence-corrected chi connectivity index (χ1v) is 32.6. The number of hydrogen-bond acceptors (Lipinski definition) is 1. The second-order valence-electron chi connectivity index (χ2n) is 24.8. The van der Waals surface area contributed by atoms with E-state index < -0.39 is 0 Å². The van der Waals surface area contributed by atoms with Crippen molar-refractivity contribution in [3.63, 3.8) is 0 Å². The van der Waals surface area contributed by atoms with Crippen molar-refractivity contribution >= 4 is 88.1 Å². The third-order valence-electron chi connectivity index (χ3n) is 19.4. The molecule has 3 heterocycles. The summed E-state index contributed by atoms with van der Waals surface area (Å²) in [5.41, 5.74) is 27.2. The van der Waals surface area contributed by atoms with Gasteiger partial charge in [-0.05, 0) is 188 Å². The van der Waals surface area contributed by atoms with Gasteiger partial charge in [-0.25, -0.2) is 0 Å². The fourth-order valence-electron chi connectivity index (χ4n) is 14.8. The zero-order valence-corrected chi connectivity index (χ0v) is 51.6. The maximum atomic E-state index is 2.54. The minimum Gasteiger partial charge on any atom is -0.333 e. The van der Waals surface area contributed by atoms with Crippen molar-refractivity contribution in [2.24, 2.45) is 0 Å². The molecule has 0 amide bonds.